The van der Waals surface area contributed by atoms with E-state index >= 15 is 0 Å². The molecule has 0 aliphatic rings. The van der Waals surface area contributed by atoms with Crippen LogP contribution in [0.4, 0.5) is 5.69 Å². The Labute approximate surface area is 67.4 Å². The summed E-state index contributed by atoms with van der Waals surface area (Å²) in [5.74, 6) is 0. The minimum absolute atomic E-state index is 0.862. The van der Waals surface area contributed by atoms with Gasteiger partial charge >= 0.3 is 0 Å². The van der Waals surface area contributed by atoms with Crippen LogP contribution in [0.25, 0.3) is 0 Å². The van der Waals surface area contributed by atoms with Gasteiger partial charge in [-0.25, -0.2) is 0 Å². The molecule has 0 fully saturated rings. The Balaban J connectivity index is 2.74. The zero-order chi connectivity index (χ0) is 8.10. The second kappa shape index (κ2) is 4.11. The molecular formula is C9H13NO+. The highest BCUT2D eigenvalue weighted by Crippen LogP contribution is 2.11. The zero-order valence-electron chi connectivity index (χ0n) is 6.95. The molecule has 0 saturated carbocycles. The molecule has 0 saturated heterocycles. The lowest BCUT2D eigenvalue weighted by Crippen LogP contribution is -2.21. The molecule has 0 spiro atoms. The lowest BCUT2D eigenvalue weighted by atomic mass is 10.3. The molecule has 1 radical (unpaired) electrons. The Bertz CT molecular complexity index is 194. The first-order valence-electron chi connectivity index (χ1n) is 3.75. The number of hydroxylamine groups is 1. The van der Waals surface area contributed by atoms with Crippen LogP contribution in [0.5, 0.6) is 0 Å². The Morgan fingerprint density at radius 2 is 1.91 bits per heavy atom. The van der Waals surface area contributed by atoms with Crippen LogP contribution in [0.2, 0.25) is 0 Å². The standard InChI is InChI=1S/C9H13NO/c1-3-10(11-2)9-7-5-4-6-8-9/h4-8H,3H2,1-2H3/q+1. The maximum absolute atomic E-state index is 5.12. The molecule has 2 heteroatoms. The molecule has 0 atom stereocenters. The summed E-state index contributed by atoms with van der Waals surface area (Å²) in [4.78, 5) is 5.12. The van der Waals surface area contributed by atoms with Crippen LogP contribution in [0.1, 0.15) is 6.92 Å². The molecule has 0 aromatic heterocycles. The van der Waals surface area contributed by atoms with Gasteiger partial charge in [0.1, 0.15) is 7.11 Å². The zero-order valence-corrected chi connectivity index (χ0v) is 6.95. The van der Waals surface area contributed by atoms with Gasteiger partial charge in [0.15, 0.2) is 6.54 Å². The molecule has 11 heavy (non-hydrogen) atoms. The van der Waals surface area contributed by atoms with Crippen molar-refractivity contribution >= 4 is 5.69 Å². The van der Waals surface area contributed by atoms with E-state index in [0.29, 0.717) is 0 Å². The third kappa shape index (κ3) is 2.03. The van der Waals surface area contributed by atoms with E-state index in [1.165, 1.54) is 0 Å². The van der Waals surface area contributed by atoms with Crippen LogP contribution >= 0.6 is 0 Å². The van der Waals surface area contributed by atoms with E-state index in [-0.39, 0.29) is 0 Å². The van der Waals surface area contributed by atoms with Crippen molar-refractivity contribution in [2.45, 2.75) is 6.92 Å². The highest BCUT2D eigenvalue weighted by Gasteiger charge is 2.14. The molecule has 0 unspecified atom stereocenters. The second-order valence-electron chi connectivity index (χ2n) is 2.21. The van der Waals surface area contributed by atoms with Crippen LogP contribution in [0.15, 0.2) is 30.3 Å². The lowest BCUT2D eigenvalue weighted by molar-refractivity contribution is 0.0146. The number of para-hydroxylation sites is 1. The van der Waals surface area contributed by atoms with Crippen LogP contribution in [0, 0.1) is 0 Å². The van der Waals surface area contributed by atoms with Gasteiger partial charge < -0.3 is 0 Å². The van der Waals surface area contributed by atoms with E-state index < -0.39 is 0 Å². The van der Waals surface area contributed by atoms with Crippen LogP contribution in [-0.4, -0.2) is 13.7 Å². The normalized spacial score (nSPS) is 10.5. The van der Waals surface area contributed by atoms with Crippen molar-refractivity contribution < 1.29 is 4.84 Å². The number of rotatable bonds is 3. The molecule has 0 aliphatic carbocycles. The minimum Gasteiger partial charge on any atom is -0.146 e. The molecule has 1 rings (SSSR count). The van der Waals surface area contributed by atoms with E-state index in [1.54, 1.807) is 7.11 Å². The highest BCUT2D eigenvalue weighted by molar-refractivity contribution is 5.36. The summed E-state index contributed by atoms with van der Waals surface area (Å²) in [7, 11) is 1.68. The van der Waals surface area contributed by atoms with Gasteiger partial charge in [-0.3, -0.25) is 0 Å². The third-order valence-electron chi connectivity index (χ3n) is 1.55. The Kier molecular flexibility index (Phi) is 3.08. The summed E-state index contributed by atoms with van der Waals surface area (Å²) in [6.45, 7) is 2.91. The first-order valence-corrected chi connectivity index (χ1v) is 3.75. The third-order valence-corrected chi connectivity index (χ3v) is 1.55. The topological polar surface area (TPSA) is 15.1 Å². The minimum atomic E-state index is 0.862. The summed E-state index contributed by atoms with van der Waals surface area (Å²) < 4.78 is 0. The monoisotopic (exact) mass is 151 g/mol. The van der Waals surface area contributed by atoms with Gasteiger partial charge in [0.2, 0.25) is 5.69 Å². The molecule has 0 heterocycles. The smallest absolute Gasteiger partial charge is 0.146 e. The summed E-state index contributed by atoms with van der Waals surface area (Å²) >= 11 is 0. The maximum atomic E-state index is 5.12. The SMILES string of the molecule is CC[N+](OC)c1ccccc1. The van der Waals surface area contributed by atoms with Crippen molar-refractivity contribution in [1.82, 2.24) is 5.06 Å². The fraction of sp³-hybridized carbons (Fsp3) is 0.333. The largest absolute Gasteiger partial charge is 0.219 e. The van der Waals surface area contributed by atoms with Gasteiger partial charge in [0, 0.05) is 17.2 Å². The van der Waals surface area contributed by atoms with Gasteiger partial charge in [-0.15, -0.1) is 4.84 Å². The molecule has 0 aliphatic heterocycles. The van der Waals surface area contributed by atoms with Crippen LogP contribution in [0.3, 0.4) is 0 Å². The summed E-state index contributed by atoms with van der Waals surface area (Å²) in [5.41, 5.74) is 1.09. The van der Waals surface area contributed by atoms with Crippen molar-refractivity contribution in [3.8, 4) is 0 Å². The number of hydrogen-bond donors (Lipinski definition) is 0. The Morgan fingerprint density at radius 3 is 2.36 bits per heavy atom. The lowest BCUT2D eigenvalue weighted by Gasteiger charge is -2.02. The predicted octanol–water partition coefficient (Wildman–Crippen LogP) is 2.04. The molecule has 0 amide bonds. The molecule has 0 N–H and O–H groups in total. The van der Waals surface area contributed by atoms with Gasteiger partial charge in [-0.1, -0.05) is 18.2 Å². The van der Waals surface area contributed by atoms with E-state index in [4.69, 9.17) is 4.84 Å². The van der Waals surface area contributed by atoms with Gasteiger partial charge in [-0.2, -0.15) is 0 Å². The molecular weight excluding hydrogens is 138 g/mol. The number of anilines is 1. The fourth-order valence-corrected chi connectivity index (χ4v) is 1.01. The van der Waals surface area contributed by atoms with E-state index in [2.05, 4.69) is 6.92 Å². The van der Waals surface area contributed by atoms with Crippen molar-refractivity contribution in [3.05, 3.63) is 30.3 Å². The summed E-state index contributed by atoms with van der Waals surface area (Å²) in [6, 6.07) is 10.0. The summed E-state index contributed by atoms with van der Waals surface area (Å²) in [5, 5.41) is 1.83. The van der Waals surface area contributed by atoms with Crippen molar-refractivity contribution in [3.63, 3.8) is 0 Å². The molecule has 2 nitrogen and oxygen atoms in total. The Hall–Kier alpha value is -0.860. The first kappa shape index (κ1) is 8.24. The Morgan fingerprint density at radius 1 is 1.27 bits per heavy atom. The molecule has 0 bridgehead atoms. The average Bonchev–Trinajstić information content (AvgIpc) is 2.09. The number of nitrogens with zero attached hydrogens (tertiary/aromatic N) is 1. The number of benzene rings is 1. The predicted molar refractivity (Wildman–Crippen MR) is 45.8 cm³/mol. The van der Waals surface area contributed by atoms with Crippen LogP contribution in [-0.2, 0) is 4.84 Å². The number of hydrogen-bond acceptors (Lipinski definition) is 2. The fourth-order valence-electron chi connectivity index (χ4n) is 1.01. The average molecular weight is 151 g/mol. The van der Waals surface area contributed by atoms with Gasteiger partial charge in [0.05, 0.1) is 0 Å². The first-order chi connectivity index (χ1) is 5.38. The second-order valence-corrected chi connectivity index (χ2v) is 2.21. The molecule has 1 aromatic rings. The van der Waals surface area contributed by atoms with Crippen LogP contribution < -0.4 is 5.06 Å². The quantitative estimate of drug-likeness (QED) is 0.476. The molecule has 59 valence electrons. The van der Waals surface area contributed by atoms with Crippen molar-refractivity contribution in [2.75, 3.05) is 13.7 Å². The van der Waals surface area contributed by atoms with E-state index in [0.717, 1.165) is 12.2 Å². The van der Waals surface area contributed by atoms with E-state index in [9.17, 15) is 0 Å². The van der Waals surface area contributed by atoms with Gasteiger partial charge in [0.25, 0.3) is 0 Å². The van der Waals surface area contributed by atoms with Crippen molar-refractivity contribution in [2.24, 2.45) is 0 Å². The molecule has 1 aromatic carbocycles. The van der Waals surface area contributed by atoms with E-state index in [1.807, 2.05) is 35.4 Å². The maximum Gasteiger partial charge on any atom is 0.219 e. The van der Waals surface area contributed by atoms with Gasteiger partial charge in [-0.05, 0) is 6.92 Å². The van der Waals surface area contributed by atoms with Crippen molar-refractivity contribution in [1.29, 1.82) is 0 Å². The summed E-state index contributed by atoms with van der Waals surface area (Å²) in [6.07, 6.45) is 0. The highest BCUT2D eigenvalue weighted by atomic mass is 16.7.